The van der Waals surface area contributed by atoms with Crippen LogP contribution in [0.2, 0.25) is 0 Å². The fourth-order valence-electron chi connectivity index (χ4n) is 1.35. The summed E-state index contributed by atoms with van der Waals surface area (Å²) in [5.41, 5.74) is -1.38. The van der Waals surface area contributed by atoms with Crippen LogP contribution >= 0.6 is 0 Å². The molecule has 0 saturated carbocycles. The Balaban J connectivity index is 2.59. The van der Waals surface area contributed by atoms with Gasteiger partial charge in [0.1, 0.15) is 0 Å². The van der Waals surface area contributed by atoms with Crippen LogP contribution in [0.25, 0.3) is 0 Å². The third-order valence-corrected chi connectivity index (χ3v) is 2.18. The van der Waals surface area contributed by atoms with E-state index in [1.165, 1.54) is 7.11 Å². The summed E-state index contributed by atoms with van der Waals surface area (Å²) in [6.07, 6.45) is 0. The van der Waals surface area contributed by atoms with Crippen LogP contribution in [0.3, 0.4) is 0 Å². The molecule has 10 heteroatoms. The number of hydroxylamine groups is 1. The van der Waals surface area contributed by atoms with Crippen LogP contribution < -0.4 is 20.7 Å². The Labute approximate surface area is 93.0 Å². The molecule has 1 atom stereocenters. The first-order chi connectivity index (χ1) is 7.90. The quantitative estimate of drug-likeness (QED) is 0.403. The molecule has 0 amide bonds. The summed E-state index contributed by atoms with van der Waals surface area (Å²) in [7, 11) is 1.24. The van der Waals surface area contributed by atoms with Gasteiger partial charge in [0.05, 0.1) is 7.11 Å². The number of ether oxygens (including phenoxy) is 1. The number of hydrogen-bond donors (Lipinski definition) is 5. The minimum atomic E-state index is -2.84. The number of nitrogens with zero attached hydrogens (tertiary/aromatic N) is 2. The molecule has 10 nitrogen and oxygen atoms in total. The summed E-state index contributed by atoms with van der Waals surface area (Å²) in [5.74, 6) is -4.94. The molecule has 1 aliphatic heterocycles. The molecule has 0 aliphatic carbocycles. The van der Waals surface area contributed by atoms with Gasteiger partial charge in [0.15, 0.2) is 11.5 Å². The standard InChI is InChI=1S/C7H8N4O6/c1-17-6-8-3-2(4(12)9-6)11(16)7(15,10-3)5(13)14/h15-16H,1H3,(H,13,14)(H2,8,9,10,12). The lowest BCUT2D eigenvalue weighted by Crippen LogP contribution is -2.56. The molecule has 2 heterocycles. The number of anilines is 2. The number of aliphatic carboxylic acids is 1. The highest BCUT2D eigenvalue weighted by atomic mass is 16.6. The number of aliphatic hydroxyl groups is 1. The number of H-pyrrole nitrogens is 1. The second-order valence-electron chi connectivity index (χ2n) is 3.19. The van der Waals surface area contributed by atoms with E-state index in [1.807, 2.05) is 5.32 Å². The molecule has 2 rings (SSSR count). The Kier molecular flexibility index (Phi) is 2.19. The molecule has 0 saturated heterocycles. The van der Waals surface area contributed by atoms with E-state index in [0.717, 1.165) is 0 Å². The Morgan fingerprint density at radius 1 is 1.59 bits per heavy atom. The zero-order chi connectivity index (χ0) is 12.8. The van der Waals surface area contributed by atoms with E-state index < -0.39 is 23.1 Å². The molecule has 0 radical (unpaired) electrons. The van der Waals surface area contributed by atoms with Crippen LogP contribution in [0, 0.1) is 0 Å². The van der Waals surface area contributed by atoms with Crippen molar-refractivity contribution in [1.29, 1.82) is 0 Å². The van der Waals surface area contributed by atoms with Gasteiger partial charge in [-0.3, -0.25) is 15.0 Å². The smallest absolute Gasteiger partial charge is 0.382 e. The summed E-state index contributed by atoms with van der Waals surface area (Å²) in [6, 6.07) is -0.190. The van der Waals surface area contributed by atoms with Crippen LogP contribution in [0.15, 0.2) is 4.79 Å². The molecule has 1 aromatic heterocycles. The number of methoxy groups -OCH3 is 1. The zero-order valence-electron chi connectivity index (χ0n) is 8.46. The van der Waals surface area contributed by atoms with E-state index in [4.69, 9.17) is 5.11 Å². The van der Waals surface area contributed by atoms with Crippen LogP contribution in [-0.4, -0.2) is 44.3 Å². The SMILES string of the molecule is COc1nc2c(c(=O)[nH]1)N(O)C(O)(C(=O)O)N2. The van der Waals surface area contributed by atoms with Crippen molar-refractivity contribution in [2.24, 2.45) is 0 Å². The second-order valence-corrected chi connectivity index (χ2v) is 3.19. The molecule has 1 aliphatic rings. The molecule has 17 heavy (non-hydrogen) atoms. The zero-order valence-corrected chi connectivity index (χ0v) is 8.46. The third kappa shape index (κ3) is 1.38. The van der Waals surface area contributed by atoms with E-state index in [0.29, 0.717) is 0 Å². The number of carboxylic acid groups (broad SMARTS) is 1. The number of rotatable bonds is 2. The first kappa shape index (κ1) is 11.2. The van der Waals surface area contributed by atoms with Crippen molar-refractivity contribution in [2.75, 3.05) is 17.5 Å². The van der Waals surface area contributed by atoms with Crippen molar-refractivity contribution in [3.63, 3.8) is 0 Å². The van der Waals surface area contributed by atoms with Gasteiger partial charge in [-0.25, -0.2) is 4.79 Å². The van der Waals surface area contributed by atoms with Gasteiger partial charge in [-0.1, -0.05) is 0 Å². The lowest BCUT2D eigenvalue weighted by atomic mass is 10.4. The topological polar surface area (TPSA) is 148 Å². The summed E-state index contributed by atoms with van der Waals surface area (Å²) < 4.78 is 4.65. The fraction of sp³-hybridized carbons (Fsp3) is 0.286. The van der Waals surface area contributed by atoms with E-state index in [1.54, 1.807) is 0 Å². The molecule has 0 spiro atoms. The van der Waals surface area contributed by atoms with E-state index in [-0.39, 0.29) is 16.9 Å². The lowest BCUT2D eigenvalue weighted by molar-refractivity contribution is -0.160. The molecular formula is C7H8N4O6. The molecule has 0 bridgehead atoms. The maximum Gasteiger partial charge on any atom is 0.382 e. The Hall–Kier alpha value is -2.33. The number of aromatic nitrogens is 2. The van der Waals surface area contributed by atoms with Crippen molar-refractivity contribution in [2.45, 2.75) is 5.85 Å². The Bertz CT molecular complexity index is 542. The average molecular weight is 244 g/mol. The van der Waals surface area contributed by atoms with Crippen molar-refractivity contribution >= 4 is 17.5 Å². The predicted molar refractivity (Wildman–Crippen MR) is 51.9 cm³/mol. The van der Waals surface area contributed by atoms with Gasteiger partial charge in [0.25, 0.3) is 11.6 Å². The minimum absolute atomic E-state index is 0.115. The molecule has 1 unspecified atom stereocenters. The first-order valence-electron chi connectivity index (χ1n) is 4.31. The van der Waals surface area contributed by atoms with Gasteiger partial charge in [0, 0.05) is 0 Å². The molecule has 5 N–H and O–H groups in total. The summed E-state index contributed by atoms with van der Waals surface area (Å²) in [4.78, 5) is 28.0. The van der Waals surface area contributed by atoms with Crippen LogP contribution in [0.5, 0.6) is 6.01 Å². The van der Waals surface area contributed by atoms with Gasteiger partial charge in [0.2, 0.25) is 0 Å². The van der Waals surface area contributed by atoms with Crippen molar-refractivity contribution in [3.05, 3.63) is 10.4 Å². The summed E-state index contributed by atoms with van der Waals surface area (Å²) in [5, 5.41) is 29.7. The predicted octanol–water partition coefficient (Wildman–Crippen LogP) is -1.87. The number of carbonyl (C=O) groups is 1. The van der Waals surface area contributed by atoms with Crippen molar-refractivity contribution < 1.29 is 25.0 Å². The molecule has 0 aromatic carbocycles. The highest BCUT2D eigenvalue weighted by molar-refractivity contribution is 5.89. The lowest BCUT2D eigenvalue weighted by Gasteiger charge is -2.23. The van der Waals surface area contributed by atoms with E-state index in [9.17, 15) is 19.9 Å². The monoisotopic (exact) mass is 244 g/mol. The number of fused-ring (bicyclic) bond motifs is 1. The Morgan fingerprint density at radius 2 is 2.24 bits per heavy atom. The highest BCUT2D eigenvalue weighted by Gasteiger charge is 2.51. The summed E-state index contributed by atoms with van der Waals surface area (Å²) in [6.45, 7) is 0. The van der Waals surface area contributed by atoms with E-state index in [2.05, 4.69) is 14.7 Å². The average Bonchev–Trinajstić information content (AvgIpc) is 2.52. The second kappa shape index (κ2) is 3.33. The number of carboxylic acids is 1. The third-order valence-electron chi connectivity index (χ3n) is 2.18. The maximum absolute atomic E-state index is 11.5. The van der Waals surface area contributed by atoms with E-state index >= 15 is 0 Å². The van der Waals surface area contributed by atoms with Crippen LogP contribution in [0.4, 0.5) is 11.5 Å². The molecule has 0 fully saturated rings. The van der Waals surface area contributed by atoms with Crippen molar-refractivity contribution in [1.82, 2.24) is 9.97 Å². The van der Waals surface area contributed by atoms with Gasteiger partial charge >= 0.3 is 11.8 Å². The summed E-state index contributed by atoms with van der Waals surface area (Å²) >= 11 is 0. The van der Waals surface area contributed by atoms with Crippen LogP contribution in [-0.2, 0) is 4.79 Å². The minimum Gasteiger partial charge on any atom is -0.476 e. The highest BCUT2D eigenvalue weighted by Crippen LogP contribution is 2.33. The first-order valence-corrected chi connectivity index (χ1v) is 4.31. The van der Waals surface area contributed by atoms with Gasteiger partial charge in [-0.15, -0.1) is 0 Å². The molecule has 1 aromatic rings. The Morgan fingerprint density at radius 3 is 2.76 bits per heavy atom. The van der Waals surface area contributed by atoms with Gasteiger partial charge in [-0.05, 0) is 0 Å². The number of aromatic amines is 1. The largest absolute Gasteiger partial charge is 0.476 e. The van der Waals surface area contributed by atoms with Crippen LogP contribution in [0.1, 0.15) is 0 Å². The molecular weight excluding hydrogens is 236 g/mol. The van der Waals surface area contributed by atoms with Gasteiger partial charge < -0.3 is 20.3 Å². The number of hydrogen-bond acceptors (Lipinski definition) is 8. The fourth-order valence-corrected chi connectivity index (χ4v) is 1.35. The van der Waals surface area contributed by atoms with Crippen molar-refractivity contribution in [3.8, 4) is 6.01 Å². The van der Waals surface area contributed by atoms with Gasteiger partial charge in [-0.2, -0.15) is 10.0 Å². The molecule has 92 valence electrons. The number of nitrogens with one attached hydrogen (secondary N) is 2. The maximum atomic E-state index is 11.5. The normalized spacial score (nSPS) is 21.9.